The molecule has 1 unspecified atom stereocenters. The minimum atomic E-state index is -1.10. The van der Waals surface area contributed by atoms with Gasteiger partial charge in [-0.15, -0.1) is 0 Å². The van der Waals surface area contributed by atoms with Gasteiger partial charge in [-0.1, -0.05) is 96.6 Å². The van der Waals surface area contributed by atoms with Gasteiger partial charge in [-0.2, -0.15) is 0 Å². The molecule has 0 fully saturated rings. The van der Waals surface area contributed by atoms with E-state index >= 15 is 0 Å². The normalized spacial score (nSPS) is 11.9. The van der Waals surface area contributed by atoms with Crippen LogP contribution in [-0.2, 0) is 4.74 Å². The van der Waals surface area contributed by atoms with Crippen LogP contribution in [0.4, 0.5) is 0 Å². The third-order valence-electron chi connectivity index (χ3n) is 5.66. The molecule has 0 aliphatic heterocycles. The maximum atomic E-state index is 12.7. The number of rotatable bonds is 18. The Balaban J connectivity index is 2.54. The lowest BCUT2D eigenvalue weighted by molar-refractivity contribution is 0.0244. The minimum Gasteiger partial charge on any atom is -0.478 e. The summed E-state index contributed by atoms with van der Waals surface area (Å²) in [5, 5.41) is 9.35. The summed E-state index contributed by atoms with van der Waals surface area (Å²) >= 11 is 0. The van der Waals surface area contributed by atoms with Gasteiger partial charge >= 0.3 is 11.9 Å². The fourth-order valence-corrected chi connectivity index (χ4v) is 3.81. The molecule has 0 aromatic heterocycles. The zero-order valence-corrected chi connectivity index (χ0v) is 19.2. The summed E-state index contributed by atoms with van der Waals surface area (Å²) < 4.78 is 5.80. The zero-order chi connectivity index (χ0) is 22.0. The maximum absolute atomic E-state index is 12.7. The Bertz CT molecular complexity index is 596. The average Bonchev–Trinajstić information content (AvgIpc) is 2.75. The standard InChI is InChI=1S/C26H42O4/c1-3-5-7-9-11-13-15-19-22(18-14-12-10-8-6-4-2)30-26(29)24-21-17-16-20-23(24)25(27)28/h16-17,20-22H,3-15,18-19H2,1-2H3,(H,27,28). The molecule has 1 rings (SSSR count). The van der Waals surface area contributed by atoms with Crippen LogP contribution in [-0.4, -0.2) is 23.1 Å². The Morgan fingerprint density at radius 1 is 0.733 bits per heavy atom. The number of unbranched alkanes of at least 4 members (excludes halogenated alkanes) is 11. The van der Waals surface area contributed by atoms with Crippen molar-refractivity contribution in [2.24, 2.45) is 0 Å². The first-order valence-corrected chi connectivity index (χ1v) is 12.1. The molecule has 0 spiro atoms. The van der Waals surface area contributed by atoms with Crippen molar-refractivity contribution in [3.05, 3.63) is 35.4 Å². The summed E-state index contributed by atoms with van der Waals surface area (Å²) in [5.41, 5.74) is 0.161. The van der Waals surface area contributed by atoms with Gasteiger partial charge in [-0.25, -0.2) is 9.59 Å². The van der Waals surface area contributed by atoms with Gasteiger partial charge in [0, 0.05) is 0 Å². The van der Waals surface area contributed by atoms with Crippen LogP contribution in [0.2, 0.25) is 0 Å². The van der Waals surface area contributed by atoms with Gasteiger partial charge < -0.3 is 9.84 Å². The predicted octanol–water partition coefficient (Wildman–Crippen LogP) is 7.80. The van der Waals surface area contributed by atoms with Crippen molar-refractivity contribution in [3.63, 3.8) is 0 Å². The summed E-state index contributed by atoms with van der Waals surface area (Å²) in [7, 11) is 0. The first-order chi connectivity index (χ1) is 14.6. The van der Waals surface area contributed by atoms with E-state index in [0.717, 1.165) is 32.1 Å². The summed E-state index contributed by atoms with van der Waals surface area (Å²) in [6.45, 7) is 4.44. The lowest BCUT2D eigenvalue weighted by atomic mass is 10.0. The number of hydrogen-bond donors (Lipinski definition) is 1. The van der Waals surface area contributed by atoms with Crippen LogP contribution in [0.25, 0.3) is 0 Å². The number of carbonyl (C=O) groups is 2. The molecule has 0 amide bonds. The maximum Gasteiger partial charge on any atom is 0.339 e. The third-order valence-corrected chi connectivity index (χ3v) is 5.66. The van der Waals surface area contributed by atoms with E-state index in [0.29, 0.717) is 0 Å². The second-order valence-corrected chi connectivity index (χ2v) is 8.34. The molecule has 0 aliphatic carbocycles. The van der Waals surface area contributed by atoms with Crippen LogP contribution in [0.15, 0.2) is 24.3 Å². The predicted molar refractivity (Wildman–Crippen MR) is 123 cm³/mol. The molecule has 1 aromatic rings. The van der Waals surface area contributed by atoms with Crippen LogP contribution < -0.4 is 0 Å². The number of benzene rings is 1. The van der Waals surface area contributed by atoms with Crippen molar-refractivity contribution in [2.45, 2.75) is 116 Å². The van der Waals surface area contributed by atoms with Gasteiger partial charge in [-0.3, -0.25) is 0 Å². The van der Waals surface area contributed by atoms with Gasteiger partial charge in [0.1, 0.15) is 6.10 Å². The Kier molecular flexibility index (Phi) is 14.8. The monoisotopic (exact) mass is 418 g/mol. The Labute approximate surface area is 183 Å². The van der Waals surface area contributed by atoms with Crippen molar-refractivity contribution in [1.82, 2.24) is 0 Å². The van der Waals surface area contributed by atoms with Gasteiger partial charge in [0.15, 0.2) is 0 Å². The topological polar surface area (TPSA) is 63.6 Å². The van der Waals surface area contributed by atoms with Crippen molar-refractivity contribution in [3.8, 4) is 0 Å². The Morgan fingerprint density at radius 2 is 1.17 bits per heavy atom. The first-order valence-electron chi connectivity index (χ1n) is 12.1. The molecule has 0 bridgehead atoms. The summed E-state index contributed by atoms with van der Waals surface area (Å²) in [4.78, 5) is 24.1. The largest absolute Gasteiger partial charge is 0.478 e. The summed E-state index contributed by atoms with van der Waals surface area (Å²) in [6.07, 6.45) is 17.4. The highest BCUT2D eigenvalue weighted by Gasteiger charge is 2.20. The molecular weight excluding hydrogens is 376 g/mol. The van der Waals surface area contributed by atoms with Crippen molar-refractivity contribution < 1.29 is 19.4 Å². The highest BCUT2D eigenvalue weighted by atomic mass is 16.5. The number of hydrogen-bond acceptors (Lipinski definition) is 3. The highest BCUT2D eigenvalue weighted by Crippen LogP contribution is 2.19. The fourth-order valence-electron chi connectivity index (χ4n) is 3.81. The van der Waals surface area contributed by atoms with E-state index in [1.165, 1.54) is 70.3 Å². The van der Waals surface area contributed by atoms with Gasteiger partial charge in [0.05, 0.1) is 11.1 Å². The van der Waals surface area contributed by atoms with E-state index in [2.05, 4.69) is 13.8 Å². The molecule has 170 valence electrons. The number of aromatic carboxylic acids is 1. The molecule has 0 saturated carbocycles. The van der Waals surface area contributed by atoms with Crippen LogP contribution in [0, 0.1) is 0 Å². The summed E-state index contributed by atoms with van der Waals surface area (Å²) in [5.74, 6) is -1.60. The lowest BCUT2D eigenvalue weighted by Gasteiger charge is -2.19. The smallest absolute Gasteiger partial charge is 0.339 e. The van der Waals surface area contributed by atoms with Crippen LogP contribution in [0.5, 0.6) is 0 Å². The van der Waals surface area contributed by atoms with E-state index in [-0.39, 0.29) is 17.2 Å². The van der Waals surface area contributed by atoms with E-state index in [1.807, 2.05) is 0 Å². The number of ether oxygens (including phenoxy) is 1. The van der Waals surface area contributed by atoms with Gasteiger partial charge in [0.25, 0.3) is 0 Å². The SMILES string of the molecule is CCCCCCCCCC(CCCCCCCC)OC(=O)c1ccccc1C(=O)O. The van der Waals surface area contributed by atoms with Crippen molar-refractivity contribution in [2.75, 3.05) is 0 Å². The van der Waals surface area contributed by atoms with Crippen LogP contribution >= 0.6 is 0 Å². The number of carboxylic acid groups (broad SMARTS) is 1. The van der Waals surface area contributed by atoms with E-state index in [1.54, 1.807) is 18.2 Å². The molecule has 4 nitrogen and oxygen atoms in total. The molecule has 30 heavy (non-hydrogen) atoms. The first kappa shape index (κ1) is 26.2. The van der Waals surface area contributed by atoms with Crippen LogP contribution in [0.1, 0.15) is 131 Å². The van der Waals surface area contributed by atoms with E-state index in [4.69, 9.17) is 4.74 Å². The van der Waals surface area contributed by atoms with Gasteiger partial charge in [0.2, 0.25) is 0 Å². The lowest BCUT2D eigenvalue weighted by Crippen LogP contribution is -2.20. The quantitative estimate of drug-likeness (QED) is 0.195. The number of carbonyl (C=O) groups excluding carboxylic acids is 1. The van der Waals surface area contributed by atoms with Crippen molar-refractivity contribution in [1.29, 1.82) is 0 Å². The Hall–Kier alpha value is -1.84. The number of esters is 1. The molecule has 0 heterocycles. The summed E-state index contributed by atoms with van der Waals surface area (Å²) in [6, 6.07) is 6.31. The molecule has 1 aromatic carbocycles. The molecule has 1 atom stereocenters. The average molecular weight is 419 g/mol. The fraction of sp³-hybridized carbons (Fsp3) is 0.692. The molecule has 0 saturated heterocycles. The molecule has 0 aliphatic rings. The highest BCUT2D eigenvalue weighted by molar-refractivity contribution is 6.02. The zero-order valence-electron chi connectivity index (χ0n) is 19.2. The third kappa shape index (κ3) is 11.4. The molecule has 4 heteroatoms. The molecular formula is C26H42O4. The van der Waals surface area contributed by atoms with E-state index < -0.39 is 11.9 Å². The van der Waals surface area contributed by atoms with E-state index in [9.17, 15) is 14.7 Å². The van der Waals surface area contributed by atoms with Crippen molar-refractivity contribution >= 4 is 11.9 Å². The minimum absolute atomic E-state index is 0.0109. The second-order valence-electron chi connectivity index (χ2n) is 8.34. The Morgan fingerprint density at radius 3 is 1.63 bits per heavy atom. The number of carboxylic acids is 1. The molecule has 1 N–H and O–H groups in total. The molecule has 0 radical (unpaired) electrons. The van der Waals surface area contributed by atoms with Crippen LogP contribution in [0.3, 0.4) is 0 Å². The van der Waals surface area contributed by atoms with Gasteiger partial charge in [-0.05, 0) is 37.8 Å². The second kappa shape index (κ2) is 16.9.